The van der Waals surface area contributed by atoms with Crippen LogP contribution in [-0.4, -0.2) is 54.1 Å². The van der Waals surface area contributed by atoms with Crippen molar-refractivity contribution < 1.29 is 0 Å². The molecule has 0 unspecified atom stereocenters. The van der Waals surface area contributed by atoms with Gasteiger partial charge in [-0.15, -0.1) is 11.3 Å². The number of likely N-dealkylation sites (tertiary alicyclic amines) is 1. The molecule has 1 aromatic heterocycles. The minimum atomic E-state index is 0.428. The number of rotatable bonds is 5. The Kier molecular flexibility index (Phi) is 5.12. The van der Waals surface area contributed by atoms with E-state index in [1.807, 2.05) is 0 Å². The van der Waals surface area contributed by atoms with Crippen molar-refractivity contribution in [2.24, 2.45) is 5.73 Å². The predicted molar refractivity (Wildman–Crippen MR) is 76.8 cm³/mol. The van der Waals surface area contributed by atoms with Crippen LogP contribution in [0.5, 0.6) is 0 Å². The summed E-state index contributed by atoms with van der Waals surface area (Å²) in [4.78, 5) is 9.37. The van der Waals surface area contributed by atoms with Crippen molar-refractivity contribution in [3.8, 4) is 0 Å². The largest absolute Gasteiger partial charge is 0.328 e. The fourth-order valence-corrected chi connectivity index (χ4v) is 2.93. The molecule has 0 amide bonds. The van der Waals surface area contributed by atoms with Gasteiger partial charge in [-0.2, -0.15) is 0 Å². The number of hydrogen-bond donors (Lipinski definition) is 1. The quantitative estimate of drug-likeness (QED) is 0.874. The van der Waals surface area contributed by atoms with Gasteiger partial charge in [0, 0.05) is 31.1 Å². The van der Waals surface area contributed by atoms with Gasteiger partial charge >= 0.3 is 0 Å². The summed E-state index contributed by atoms with van der Waals surface area (Å²) in [5.74, 6) is 0. The van der Waals surface area contributed by atoms with Gasteiger partial charge in [-0.1, -0.05) is 0 Å². The third-order valence-electron chi connectivity index (χ3n) is 3.53. The first-order valence-electron chi connectivity index (χ1n) is 6.71. The lowest BCUT2D eigenvalue weighted by Gasteiger charge is -2.31. The van der Waals surface area contributed by atoms with Gasteiger partial charge in [-0.25, -0.2) is 4.98 Å². The lowest BCUT2D eigenvalue weighted by atomic mass is 10.1. The minimum Gasteiger partial charge on any atom is -0.328 e. The molecule has 1 aliphatic heterocycles. The summed E-state index contributed by atoms with van der Waals surface area (Å²) in [5, 5.41) is 3.31. The molecule has 0 spiro atoms. The first kappa shape index (κ1) is 13.9. The first-order valence-corrected chi connectivity index (χ1v) is 7.59. The number of piperidine rings is 1. The van der Waals surface area contributed by atoms with E-state index >= 15 is 0 Å². The molecule has 0 aliphatic carbocycles. The summed E-state index contributed by atoms with van der Waals surface area (Å²) in [6.07, 6.45) is 2.30. The van der Waals surface area contributed by atoms with E-state index in [4.69, 9.17) is 5.73 Å². The number of thiazole rings is 1. The molecule has 1 aliphatic rings. The zero-order valence-electron chi connectivity index (χ0n) is 11.4. The van der Waals surface area contributed by atoms with Crippen LogP contribution in [0.4, 0.5) is 0 Å². The molecule has 5 heteroatoms. The van der Waals surface area contributed by atoms with E-state index in [9.17, 15) is 0 Å². The second-order valence-electron chi connectivity index (χ2n) is 5.27. The fourth-order valence-electron chi connectivity index (χ4n) is 2.33. The van der Waals surface area contributed by atoms with Gasteiger partial charge in [0.1, 0.15) is 0 Å². The average molecular weight is 268 g/mol. The smallest absolute Gasteiger partial charge is 0.0897 e. The van der Waals surface area contributed by atoms with Crippen LogP contribution in [0, 0.1) is 6.92 Å². The van der Waals surface area contributed by atoms with Gasteiger partial charge in [0.05, 0.1) is 10.7 Å². The van der Waals surface area contributed by atoms with Crippen molar-refractivity contribution in [1.29, 1.82) is 0 Å². The van der Waals surface area contributed by atoms with E-state index in [0.29, 0.717) is 6.04 Å². The van der Waals surface area contributed by atoms with Crippen LogP contribution in [0.2, 0.25) is 0 Å². The maximum Gasteiger partial charge on any atom is 0.0897 e. The lowest BCUT2D eigenvalue weighted by molar-refractivity contribution is 0.183. The van der Waals surface area contributed by atoms with E-state index in [-0.39, 0.29) is 0 Å². The van der Waals surface area contributed by atoms with Crippen molar-refractivity contribution in [3.05, 3.63) is 16.1 Å². The Labute approximate surface area is 114 Å². The van der Waals surface area contributed by atoms with E-state index in [1.54, 1.807) is 11.3 Å². The number of likely N-dealkylation sites (N-methyl/N-ethyl adjacent to an activating group) is 1. The Balaban J connectivity index is 1.67. The molecule has 0 saturated carbocycles. The average Bonchev–Trinajstić information content (AvgIpc) is 2.74. The van der Waals surface area contributed by atoms with Gasteiger partial charge in [0.25, 0.3) is 0 Å². The third kappa shape index (κ3) is 4.31. The van der Waals surface area contributed by atoms with E-state index < -0.39 is 0 Å². The van der Waals surface area contributed by atoms with Crippen LogP contribution in [0.15, 0.2) is 5.38 Å². The molecule has 18 heavy (non-hydrogen) atoms. The summed E-state index contributed by atoms with van der Waals surface area (Å²) < 4.78 is 0. The molecular weight excluding hydrogens is 244 g/mol. The SMILES string of the molecule is Cc1nc(CN(C)CCN2CCC(N)CC2)cs1. The first-order chi connectivity index (χ1) is 8.63. The Bertz CT molecular complexity index is 358. The summed E-state index contributed by atoms with van der Waals surface area (Å²) in [6.45, 7) is 7.58. The zero-order valence-corrected chi connectivity index (χ0v) is 12.2. The van der Waals surface area contributed by atoms with Crippen molar-refractivity contribution >= 4 is 11.3 Å². The highest BCUT2D eigenvalue weighted by atomic mass is 32.1. The van der Waals surface area contributed by atoms with Gasteiger partial charge < -0.3 is 10.6 Å². The molecular formula is C13H24N4S. The number of aromatic nitrogens is 1. The van der Waals surface area contributed by atoms with Crippen LogP contribution in [0.3, 0.4) is 0 Å². The van der Waals surface area contributed by atoms with Crippen molar-refractivity contribution in [2.45, 2.75) is 32.4 Å². The third-order valence-corrected chi connectivity index (χ3v) is 4.35. The molecule has 2 N–H and O–H groups in total. The summed E-state index contributed by atoms with van der Waals surface area (Å²) in [5.41, 5.74) is 7.11. The van der Waals surface area contributed by atoms with Crippen LogP contribution >= 0.6 is 11.3 Å². The Morgan fingerprint density at radius 2 is 2.22 bits per heavy atom. The Hall–Kier alpha value is -0.490. The van der Waals surface area contributed by atoms with Crippen LogP contribution in [0.25, 0.3) is 0 Å². The van der Waals surface area contributed by atoms with Crippen LogP contribution < -0.4 is 5.73 Å². The molecule has 2 heterocycles. The molecule has 0 atom stereocenters. The molecule has 2 rings (SSSR count). The van der Waals surface area contributed by atoms with E-state index in [0.717, 1.165) is 50.6 Å². The summed E-state index contributed by atoms with van der Waals surface area (Å²) >= 11 is 1.73. The highest BCUT2D eigenvalue weighted by Crippen LogP contribution is 2.10. The summed E-state index contributed by atoms with van der Waals surface area (Å²) in [7, 11) is 2.17. The highest BCUT2D eigenvalue weighted by molar-refractivity contribution is 7.09. The second-order valence-corrected chi connectivity index (χ2v) is 6.34. The van der Waals surface area contributed by atoms with Gasteiger partial charge in [0.15, 0.2) is 0 Å². The number of nitrogens with two attached hydrogens (primary N) is 1. The molecule has 1 fully saturated rings. The monoisotopic (exact) mass is 268 g/mol. The van der Waals surface area contributed by atoms with Crippen molar-refractivity contribution in [1.82, 2.24) is 14.8 Å². The van der Waals surface area contributed by atoms with Gasteiger partial charge in [0.2, 0.25) is 0 Å². The number of nitrogens with zero attached hydrogens (tertiary/aromatic N) is 3. The predicted octanol–water partition coefficient (Wildman–Crippen LogP) is 1.31. The molecule has 4 nitrogen and oxygen atoms in total. The maximum absolute atomic E-state index is 5.91. The van der Waals surface area contributed by atoms with E-state index in [2.05, 4.69) is 34.1 Å². The Morgan fingerprint density at radius 3 is 2.83 bits per heavy atom. The normalized spacial score (nSPS) is 18.7. The summed E-state index contributed by atoms with van der Waals surface area (Å²) in [6, 6.07) is 0.428. The number of hydrogen-bond acceptors (Lipinski definition) is 5. The van der Waals surface area contributed by atoms with E-state index in [1.165, 1.54) is 5.69 Å². The minimum absolute atomic E-state index is 0.428. The maximum atomic E-state index is 5.91. The van der Waals surface area contributed by atoms with Crippen molar-refractivity contribution in [3.63, 3.8) is 0 Å². The molecule has 0 bridgehead atoms. The molecule has 1 aromatic rings. The standard InChI is InChI=1S/C13H24N4S/c1-11-15-13(10-18-11)9-16(2)7-8-17-5-3-12(14)4-6-17/h10,12H,3-9,14H2,1-2H3. The zero-order chi connectivity index (χ0) is 13.0. The van der Waals surface area contributed by atoms with Crippen LogP contribution in [0.1, 0.15) is 23.5 Å². The highest BCUT2D eigenvalue weighted by Gasteiger charge is 2.15. The molecule has 1 saturated heterocycles. The molecule has 0 aromatic carbocycles. The van der Waals surface area contributed by atoms with Crippen LogP contribution in [-0.2, 0) is 6.54 Å². The molecule has 0 radical (unpaired) electrons. The Morgan fingerprint density at radius 1 is 1.50 bits per heavy atom. The van der Waals surface area contributed by atoms with Gasteiger partial charge in [-0.3, -0.25) is 4.90 Å². The van der Waals surface area contributed by atoms with Crippen molar-refractivity contribution in [2.75, 3.05) is 33.2 Å². The lowest BCUT2D eigenvalue weighted by Crippen LogP contribution is -2.42. The fraction of sp³-hybridized carbons (Fsp3) is 0.769. The van der Waals surface area contributed by atoms with Gasteiger partial charge in [-0.05, 0) is 39.9 Å². The number of aryl methyl sites for hydroxylation is 1. The topological polar surface area (TPSA) is 45.4 Å². The second kappa shape index (κ2) is 6.61. The molecule has 102 valence electrons.